The van der Waals surface area contributed by atoms with E-state index in [-0.39, 0.29) is 19.6 Å². The lowest BCUT2D eigenvalue weighted by Crippen LogP contribution is -2.46. The molecule has 0 unspecified atom stereocenters. The summed E-state index contributed by atoms with van der Waals surface area (Å²) in [4.78, 5) is 15.0. The Morgan fingerprint density at radius 3 is 2.62 bits per heavy atom. The number of nitrogens with zero attached hydrogens (tertiary/aromatic N) is 3. The van der Waals surface area contributed by atoms with Crippen LogP contribution >= 0.6 is 0 Å². The van der Waals surface area contributed by atoms with Gasteiger partial charge in [0.05, 0.1) is 18.2 Å². The highest BCUT2D eigenvalue weighted by Crippen LogP contribution is 2.21. The molecule has 1 aromatic rings. The molecule has 0 aromatic carbocycles. The number of pyridine rings is 1. The topological polar surface area (TPSA) is 90.8 Å². The maximum absolute atomic E-state index is 12.4. The number of rotatable bonds is 5. The lowest BCUT2D eigenvalue weighted by Gasteiger charge is -2.32. The van der Waals surface area contributed by atoms with Crippen molar-refractivity contribution in [1.82, 2.24) is 13.6 Å². The molecule has 0 bridgehead atoms. The van der Waals surface area contributed by atoms with E-state index in [0.29, 0.717) is 18.5 Å². The summed E-state index contributed by atoms with van der Waals surface area (Å²) in [6.07, 6.45) is 2.33. The summed E-state index contributed by atoms with van der Waals surface area (Å²) in [5.41, 5.74) is 0.670. The maximum Gasteiger partial charge on any atom is 0.306 e. The minimum atomic E-state index is -3.58. The van der Waals surface area contributed by atoms with Crippen LogP contribution in [0.5, 0.6) is 0 Å². The Morgan fingerprint density at radius 2 is 2.10 bits per heavy atom. The van der Waals surface area contributed by atoms with Crippen molar-refractivity contribution in [2.24, 2.45) is 5.92 Å². The number of hydrogen-bond donors (Lipinski definition) is 1. The third kappa shape index (κ3) is 3.78. The van der Waals surface area contributed by atoms with Gasteiger partial charge in [0.2, 0.25) is 0 Å². The molecule has 0 aliphatic carbocycles. The number of hydrogen-bond acceptors (Lipinski definition) is 4. The zero-order valence-corrected chi connectivity index (χ0v) is 12.7. The van der Waals surface area contributed by atoms with Crippen molar-refractivity contribution in [2.75, 3.05) is 20.1 Å². The van der Waals surface area contributed by atoms with Crippen LogP contribution < -0.4 is 0 Å². The van der Waals surface area contributed by atoms with Gasteiger partial charge in [-0.05, 0) is 25.0 Å². The van der Waals surface area contributed by atoms with Crippen LogP contribution in [0.2, 0.25) is 0 Å². The van der Waals surface area contributed by atoms with Crippen molar-refractivity contribution in [3.05, 3.63) is 30.1 Å². The minimum Gasteiger partial charge on any atom is -0.481 e. The van der Waals surface area contributed by atoms with Crippen molar-refractivity contribution in [3.8, 4) is 0 Å². The fourth-order valence-electron chi connectivity index (χ4n) is 2.33. The van der Waals surface area contributed by atoms with E-state index >= 15 is 0 Å². The van der Waals surface area contributed by atoms with Gasteiger partial charge in [0, 0.05) is 26.3 Å². The molecule has 21 heavy (non-hydrogen) atoms. The first-order valence-corrected chi connectivity index (χ1v) is 8.15. The fraction of sp³-hybridized carbons (Fsp3) is 0.538. The van der Waals surface area contributed by atoms with Gasteiger partial charge >= 0.3 is 5.97 Å². The van der Waals surface area contributed by atoms with E-state index < -0.39 is 22.1 Å². The Labute approximate surface area is 124 Å². The summed E-state index contributed by atoms with van der Waals surface area (Å²) < 4.78 is 27.5. The second-order valence-electron chi connectivity index (χ2n) is 5.10. The Hall–Kier alpha value is -1.51. The molecule has 116 valence electrons. The molecule has 0 radical (unpaired) electrons. The Balaban J connectivity index is 2.00. The second kappa shape index (κ2) is 6.50. The molecule has 1 aliphatic rings. The molecule has 1 aliphatic heterocycles. The molecule has 1 saturated heterocycles. The largest absolute Gasteiger partial charge is 0.481 e. The Bertz CT molecular complexity index is 583. The van der Waals surface area contributed by atoms with E-state index in [4.69, 9.17) is 5.11 Å². The van der Waals surface area contributed by atoms with E-state index in [0.717, 1.165) is 0 Å². The number of aliphatic carboxylic acids is 1. The molecule has 0 spiro atoms. The molecule has 1 fully saturated rings. The molecular formula is C13H19N3O4S. The van der Waals surface area contributed by atoms with E-state index in [1.807, 2.05) is 0 Å². The average Bonchev–Trinajstić information content (AvgIpc) is 2.48. The van der Waals surface area contributed by atoms with Gasteiger partial charge in [0.1, 0.15) is 0 Å². The van der Waals surface area contributed by atoms with Gasteiger partial charge in [-0.15, -0.1) is 0 Å². The predicted molar refractivity (Wildman–Crippen MR) is 76.6 cm³/mol. The number of aromatic nitrogens is 1. The van der Waals surface area contributed by atoms with Gasteiger partial charge in [0.15, 0.2) is 0 Å². The number of piperidine rings is 1. The molecule has 0 saturated carbocycles. The average molecular weight is 313 g/mol. The Kier molecular flexibility index (Phi) is 4.92. The highest BCUT2D eigenvalue weighted by Gasteiger charge is 2.33. The molecular weight excluding hydrogens is 294 g/mol. The van der Waals surface area contributed by atoms with Crippen LogP contribution in [-0.4, -0.2) is 53.2 Å². The molecule has 2 rings (SSSR count). The second-order valence-corrected chi connectivity index (χ2v) is 7.13. The van der Waals surface area contributed by atoms with Crippen LogP contribution in [0.25, 0.3) is 0 Å². The van der Waals surface area contributed by atoms with Crippen molar-refractivity contribution in [3.63, 3.8) is 0 Å². The van der Waals surface area contributed by atoms with Gasteiger partial charge < -0.3 is 5.11 Å². The number of carboxylic acids is 1. The summed E-state index contributed by atoms with van der Waals surface area (Å²) in [5.74, 6) is -1.30. The fourth-order valence-corrected chi connectivity index (χ4v) is 3.69. The summed E-state index contributed by atoms with van der Waals surface area (Å²) in [5, 5.41) is 8.94. The third-order valence-electron chi connectivity index (χ3n) is 3.63. The first-order valence-electron chi connectivity index (χ1n) is 6.75. The predicted octanol–water partition coefficient (Wildman–Crippen LogP) is 0.555. The quantitative estimate of drug-likeness (QED) is 0.857. The standard InChI is InChI=1S/C13H19N3O4S/c1-15(10-12-4-2-3-7-14-12)21(19,20)16-8-5-11(6-9-16)13(17)18/h2-4,7,11H,5-6,8-10H2,1H3,(H,17,18). The molecule has 1 aromatic heterocycles. The van der Waals surface area contributed by atoms with Crippen molar-refractivity contribution in [2.45, 2.75) is 19.4 Å². The third-order valence-corrected chi connectivity index (χ3v) is 5.57. The van der Waals surface area contributed by atoms with Crippen LogP contribution in [0.3, 0.4) is 0 Å². The summed E-state index contributed by atoms with van der Waals surface area (Å²) in [6, 6.07) is 5.35. The molecule has 0 amide bonds. The van der Waals surface area contributed by atoms with Crippen LogP contribution in [0.4, 0.5) is 0 Å². The Morgan fingerprint density at radius 1 is 1.43 bits per heavy atom. The first kappa shape index (κ1) is 15.9. The van der Waals surface area contributed by atoms with Gasteiger partial charge in [-0.25, -0.2) is 0 Å². The highest BCUT2D eigenvalue weighted by molar-refractivity contribution is 7.86. The van der Waals surface area contributed by atoms with Crippen LogP contribution in [0.1, 0.15) is 18.5 Å². The van der Waals surface area contributed by atoms with E-state index in [1.165, 1.54) is 15.7 Å². The zero-order valence-electron chi connectivity index (χ0n) is 11.8. The maximum atomic E-state index is 12.4. The van der Waals surface area contributed by atoms with Crippen LogP contribution in [-0.2, 0) is 21.5 Å². The van der Waals surface area contributed by atoms with Crippen LogP contribution in [0, 0.1) is 5.92 Å². The van der Waals surface area contributed by atoms with Crippen molar-refractivity contribution < 1.29 is 18.3 Å². The SMILES string of the molecule is CN(Cc1ccccn1)S(=O)(=O)N1CCC(C(=O)O)CC1. The van der Waals surface area contributed by atoms with E-state index in [9.17, 15) is 13.2 Å². The molecule has 8 heteroatoms. The van der Waals surface area contributed by atoms with Crippen LogP contribution in [0.15, 0.2) is 24.4 Å². The molecule has 2 heterocycles. The van der Waals surface area contributed by atoms with Crippen molar-refractivity contribution >= 4 is 16.2 Å². The molecule has 0 atom stereocenters. The highest BCUT2D eigenvalue weighted by atomic mass is 32.2. The zero-order chi connectivity index (χ0) is 15.5. The van der Waals surface area contributed by atoms with Crippen molar-refractivity contribution in [1.29, 1.82) is 0 Å². The summed E-state index contributed by atoms with van der Waals surface area (Å²) >= 11 is 0. The number of carbonyl (C=O) groups is 1. The lowest BCUT2D eigenvalue weighted by molar-refractivity contribution is -0.142. The number of carboxylic acid groups (broad SMARTS) is 1. The smallest absolute Gasteiger partial charge is 0.306 e. The first-order chi connectivity index (χ1) is 9.91. The van der Waals surface area contributed by atoms with E-state index in [2.05, 4.69) is 4.98 Å². The summed E-state index contributed by atoms with van der Waals surface area (Å²) in [6.45, 7) is 0.680. The minimum absolute atomic E-state index is 0.196. The molecule has 7 nitrogen and oxygen atoms in total. The van der Waals surface area contributed by atoms with Gasteiger partial charge in [-0.3, -0.25) is 9.78 Å². The normalized spacial score (nSPS) is 18.0. The van der Waals surface area contributed by atoms with Gasteiger partial charge in [0.25, 0.3) is 10.2 Å². The molecule has 1 N–H and O–H groups in total. The van der Waals surface area contributed by atoms with E-state index in [1.54, 1.807) is 24.4 Å². The lowest BCUT2D eigenvalue weighted by atomic mass is 9.99. The monoisotopic (exact) mass is 313 g/mol. The van der Waals surface area contributed by atoms with Gasteiger partial charge in [-0.1, -0.05) is 6.07 Å². The summed E-state index contributed by atoms with van der Waals surface area (Å²) in [7, 11) is -2.07. The van der Waals surface area contributed by atoms with Gasteiger partial charge in [-0.2, -0.15) is 17.0 Å².